The number of hydrogen-bond acceptors (Lipinski definition) is 3. The number of benzene rings is 1. The topological polar surface area (TPSA) is 80.7 Å². The van der Waals surface area contributed by atoms with E-state index in [4.69, 9.17) is 11.5 Å². The summed E-state index contributed by atoms with van der Waals surface area (Å²) >= 11 is 0. The van der Waals surface area contributed by atoms with E-state index in [9.17, 15) is 0 Å². The number of fused-ring (bicyclic) bond motifs is 1. The van der Waals surface area contributed by atoms with E-state index in [2.05, 4.69) is 9.97 Å². The number of aromatic amines is 1. The third kappa shape index (κ3) is 1.73. The molecular weight excluding hydrogens is 188 g/mol. The molecule has 0 amide bonds. The van der Waals surface area contributed by atoms with Crippen LogP contribution < -0.4 is 11.5 Å². The van der Waals surface area contributed by atoms with Crippen LogP contribution in [0.25, 0.3) is 11.0 Å². The lowest BCUT2D eigenvalue weighted by Gasteiger charge is -2.22. The number of imidazole rings is 1. The Morgan fingerprint density at radius 3 is 2.87 bits per heavy atom. The van der Waals surface area contributed by atoms with E-state index in [1.165, 1.54) is 0 Å². The number of nitrogens with two attached hydrogens (primary N) is 2. The van der Waals surface area contributed by atoms with Gasteiger partial charge in [-0.3, -0.25) is 0 Å². The highest BCUT2D eigenvalue weighted by Crippen LogP contribution is 2.20. The smallest absolute Gasteiger partial charge is 0.104 e. The van der Waals surface area contributed by atoms with Crippen LogP contribution in [-0.2, 0) is 5.54 Å². The maximum Gasteiger partial charge on any atom is 0.104 e. The van der Waals surface area contributed by atoms with Crippen molar-refractivity contribution in [3.8, 4) is 0 Å². The molecule has 80 valence electrons. The molecule has 4 heteroatoms. The highest BCUT2D eigenvalue weighted by Gasteiger charge is 2.19. The van der Waals surface area contributed by atoms with Crippen LogP contribution >= 0.6 is 0 Å². The second-order valence-electron chi connectivity index (χ2n) is 4.18. The molecule has 1 atom stereocenters. The number of rotatable bonds is 2. The molecule has 0 aliphatic rings. The predicted octanol–water partition coefficient (Wildman–Crippen LogP) is 1.00. The standard InChI is InChI=1S/C11H16N4/c1-7-14-9-4-3-8(5-10(9)15-7)11(2,13)6-12/h3-5H,6,12-13H2,1-2H3,(H,14,15). The van der Waals surface area contributed by atoms with Crippen molar-refractivity contribution in [2.45, 2.75) is 19.4 Å². The van der Waals surface area contributed by atoms with Crippen LogP contribution in [0.3, 0.4) is 0 Å². The van der Waals surface area contributed by atoms with Gasteiger partial charge < -0.3 is 16.5 Å². The van der Waals surface area contributed by atoms with E-state index in [1.54, 1.807) is 0 Å². The Morgan fingerprint density at radius 2 is 2.20 bits per heavy atom. The van der Waals surface area contributed by atoms with Gasteiger partial charge in [-0.2, -0.15) is 0 Å². The van der Waals surface area contributed by atoms with Gasteiger partial charge in [-0.1, -0.05) is 6.07 Å². The Hall–Kier alpha value is -1.39. The lowest BCUT2D eigenvalue weighted by atomic mass is 9.93. The zero-order chi connectivity index (χ0) is 11.1. The van der Waals surface area contributed by atoms with E-state index in [0.29, 0.717) is 6.54 Å². The molecule has 0 fully saturated rings. The van der Waals surface area contributed by atoms with Gasteiger partial charge in [0.1, 0.15) is 5.82 Å². The molecule has 1 aromatic carbocycles. The fourth-order valence-corrected chi connectivity index (χ4v) is 1.61. The third-order valence-corrected chi connectivity index (χ3v) is 2.68. The van der Waals surface area contributed by atoms with Gasteiger partial charge in [0, 0.05) is 6.54 Å². The zero-order valence-electron chi connectivity index (χ0n) is 9.04. The first kappa shape index (κ1) is 10.1. The molecule has 0 saturated heterocycles. The molecule has 5 N–H and O–H groups in total. The maximum atomic E-state index is 6.08. The summed E-state index contributed by atoms with van der Waals surface area (Å²) in [5.74, 6) is 0.911. The minimum atomic E-state index is -0.479. The summed E-state index contributed by atoms with van der Waals surface area (Å²) < 4.78 is 0. The number of hydrogen-bond donors (Lipinski definition) is 3. The summed E-state index contributed by atoms with van der Waals surface area (Å²) in [5.41, 5.74) is 14.2. The summed E-state index contributed by atoms with van der Waals surface area (Å²) in [6.07, 6.45) is 0. The number of H-pyrrole nitrogens is 1. The first-order valence-corrected chi connectivity index (χ1v) is 4.99. The molecule has 0 spiro atoms. The highest BCUT2D eigenvalue weighted by molar-refractivity contribution is 5.76. The van der Waals surface area contributed by atoms with Gasteiger partial charge in [0.15, 0.2) is 0 Å². The van der Waals surface area contributed by atoms with E-state index in [0.717, 1.165) is 22.4 Å². The Morgan fingerprint density at radius 1 is 1.47 bits per heavy atom. The van der Waals surface area contributed by atoms with Gasteiger partial charge in [0.2, 0.25) is 0 Å². The average Bonchev–Trinajstić information content (AvgIpc) is 2.56. The minimum absolute atomic E-state index is 0.422. The summed E-state index contributed by atoms with van der Waals surface area (Å²) in [5, 5.41) is 0. The molecule has 0 bridgehead atoms. The van der Waals surface area contributed by atoms with Crippen molar-refractivity contribution in [1.82, 2.24) is 9.97 Å². The van der Waals surface area contributed by atoms with Gasteiger partial charge in [0.25, 0.3) is 0 Å². The lowest BCUT2D eigenvalue weighted by molar-refractivity contribution is 0.508. The number of nitrogens with zero attached hydrogens (tertiary/aromatic N) is 1. The Kier molecular flexibility index (Phi) is 2.25. The van der Waals surface area contributed by atoms with Gasteiger partial charge in [-0.25, -0.2) is 4.98 Å². The molecule has 0 aliphatic heterocycles. The Bertz CT molecular complexity index is 484. The second kappa shape index (κ2) is 3.32. The fourth-order valence-electron chi connectivity index (χ4n) is 1.61. The van der Waals surface area contributed by atoms with Crippen molar-refractivity contribution in [3.63, 3.8) is 0 Å². The molecule has 4 nitrogen and oxygen atoms in total. The zero-order valence-corrected chi connectivity index (χ0v) is 9.04. The van der Waals surface area contributed by atoms with Crippen LogP contribution in [0.1, 0.15) is 18.3 Å². The van der Waals surface area contributed by atoms with Crippen LogP contribution in [0.5, 0.6) is 0 Å². The van der Waals surface area contributed by atoms with E-state index >= 15 is 0 Å². The molecule has 0 radical (unpaired) electrons. The molecule has 1 aromatic heterocycles. The van der Waals surface area contributed by atoms with Crippen molar-refractivity contribution < 1.29 is 0 Å². The maximum absolute atomic E-state index is 6.08. The molecule has 0 saturated carbocycles. The van der Waals surface area contributed by atoms with Gasteiger partial charge >= 0.3 is 0 Å². The molecular formula is C11H16N4. The Labute approximate surface area is 88.7 Å². The molecule has 1 heterocycles. The first-order valence-electron chi connectivity index (χ1n) is 4.99. The van der Waals surface area contributed by atoms with Crippen LogP contribution in [0.4, 0.5) is 0 Å². The number of aromatic nitrogens is 2. The lowest BCUT2D eigenvalue weighted by Crippen LogP contribution is -2.40. The van der Waals surface area contributed by atoms with Crippen molar-refractivity contribution >= 4 is 11.0 Å². The van der Waals surface area contributed by atoms with Crippen LogP contribution in [0.15, 0.2) is 18.2 Å². The monoisotopic (exact) mass is 204 g/mol. The van der Waals surface area contributed by atoms with Crippen molar-refractivity contribution in [3.05, 3.63) is 29.6 Å². The van der Waals surface area contributed by atoms with Gasteiger partial charge in [-0.05, 0) is 31.5 Å². The molecule has 2 rings (SSSR count). The second-order valence-corrected chi connectivity index (χ2v) is 4.18. The molecule has 2 aromatic rings. The summed E-state index contributed by atoms with van der Waals surface area (Å²) in [6, 6.07) is 5.96. The Balaban J connectivity index is 2.55. The summed E-state index contributed by atoms with van der Waals surface area (Å²) in [6.45, 7) is 4.28. The van der Waals surface area contributed by atoms with E-state index in [1.807, 2.05) is 32.0 Å². The largest absolute Gasteiger partial charge is 0.342 e. The summed E-state index contributed by atoms with van der Waals surface area (Å²) in [7, 11) is 0. The quantitative estimate of drug-likeness (QED) is 0.682. The molecule has 0 aliphatic carbocycles. The van der Waals surface area contributed by atoms with Crippen molar-refractivity contribution in [1.29, 1.82) is 0 Å². The first-order chi connectivity index (χ1) is 7.03. The average molecular weight is 204 g/mol. The van der Waals surface area contributed by atoms with E-state index in [-0.39, 0.29) is 0 Å². The number of aryl methyl sites for hydroxylation is 1. The van der Waals surface area contributed by atoms with Crippen molar-refractivity contribution in [2.24, 2.45) is 11.5 Å². The molecule has 15 heavy (non-hydrogen) atoms. The molecule has 1 unspecified atom stereocenters. The minimum Gasteiger partial charge on any atom is -0.342 e. The fraction of sp³-hybridized carbons (Fsp3) is 0.364. The summed E-state index contributed by atoms with van der Waals surface area (Å²) in [4.78, 5) is 7.52. The van der Waals surface area contributed by atoms with Crippen LogP contribution in [0, 0.1) is 6.92 Å². The highest BCUT2D eigenvalue weighted by atomic mass is 14.9. The third-order valence-electron chi connectivity index (χ3n) is 2.68. The normalized spacial score (nSPS) is 15.5. The number of nitrogens with one attached hydrogen (secondary N) is 1. The SMILES string of the molecule is Cc1nc2ccc(C(C)(N)CN)cc2[nH]1. The van der Waals surface area contributed by atoms with Crippen LogP contribution in [-0.4, -0.2) is 16.5 Å². The van der Waals surface area contributed by atoms with Gasteiger partial charge in [0.05, 0.1) is 16.6 Å². The predicted molar refractivity (Wildman–Crippen MR) is 61.4 cm³/mol. The van der Waals surface area contributed by atoms with Gasteiger partial charge in [-0.15, -0.1) is 0 Å². The van der Waals surface area contributed by atoms with Crippen molar-refractivity contribution in [2.75, 3.05) is 6.54 Å². The van der Waals surface area contributed by atoms with Crippen LogP contribution in [0.2, 0.25) is 0 Å². The van der Waals surface area contributed by atoms with E-state index < -0.39 is 5.54 Å².